The first kappa shape index (κ1) is 11.7. The van der Waals surface area contributed by atoms with Crippen LogP contribution in [-0.4, -0.2) is 4.98 Å². The number of para-hydroxylation sites is 2. The average molecular weight is 286 g/mol. The second kappa shape index (κ2) is 4.26. The lowest BCUT2D eigenvalue weighted by Gasteiger charge is -2.17. The SMILES string of the molecule is c1ccc(N2NNc3cc4[nH]c5ccccc5c4cc32)cc1. The van der Waals surface area contributed by atoms with Gasteiger partial charge in [-0.2, -0.15) is 0 Å². The maximum Gasteiger partial charge on any atom is 0.0848 e. The highest BCUT2D eigenvalue weighted by Gasteiger charge is 2.21. The number of nitrogens with zero attached hydrogens (tertiary/aromatic N) is 1. The van der Waals surface area contributed by atoms with E-state index in [1.807, 2.05) is 18.2 Å². The maximum atomic E-state index is 3.48. The molecule has 3 aromatic carbocycles. The number of hydrogen-bond acceptors (Lipinski definition) is 3. The number of rotatable bonds is 1. The summed E-state index contributed by atoms with van der Waals surface area (Å²) in [6.45, 7) is 0. The van der Waals surface area contributed by atoms with Crippen molar-refractivity contribution in [2.45, 2.75) is 0 Å². The Balaban J connectivity index is 1.76. The predicted molar refractivity (Wildman–Crippen MR) is 91.1 cm³/mol. The van der Waals surface area contributed by atoms with Gasteiger partial charge >= 0.3 is 0 Å². The number of hydrazine groups is 2. The Morgan fingerprint density at radius 2 is 1.55 bits per heavy atom. The molecule has 4 nitrogen and oxygen atoms in total. The van der Waals surface area contributed by atoms with Crippen molar-refractivity contribution in [1.82, 2.24) is 10.5 Å². The van der Waals surface area contributed by atoms with Crippen molar-refractivity contribution in [1.29, 1.82) is 0 Å². The van der Waals surface area contributed by atoms with Gasteiger partial charge < -0.3 is 10.4 Å². The zero-order valence-electron chi connectivity index (χ0n) is 11.8. The van der Waals surface area contributed by atoms with Crippen molar-refractivity contribution in [2.24, 2.45) is 0 Å². The van der Waals surface area contributed by atoms with Crippen molar-refractivity contribution in [3.05, 3.63) is 66.7 Å². The molecule has 4 heteroatoms. The summed E-state index contributed by atoms with van der Waals surface area (Å²) in [5.41, 5.74) is 12.1. The summed E-state index contributed by atoms with van der Waals surface area (Å²) >= 11 is 0. The van der Waals surface area contributed by atoms with Crippen LogP contribution in [0.2, 0.25) is 0 Å². The van der Waals surface area contributed by atoms with Crippen LogP contribution in [-0.2, 0) is 0 Å². The van der Waals surface area contributed by atoms with Gasteiger partial charge in [0, 0.05) is 21.8 Å². The molecule has 0 aliphatic carbocycles. The Hall–Kier alpha value is -2.98. The maximum absolute atomic E-state index is 3.48. The van der Waals surface area contributed by atoms with Gasteiger partial charge in [0.1, 0.15) is 0 Å². The molecule has 0 fully saturated rings. The smallest absolute Gasteiger partial charge is 0.0848 e. The highest BCUT2D eigenvalue weighted by Crippen LogP contribution is 2.39. The van der Waals surface area contributed by atoms with Crippen LogP contribution in [0.4, 0.5) is 17.1 Å². The second-order valence-corrected chi connectivity index (χ2v) is 5.49. The van der Waals surface area contributed by atoms with E-state index in [0.29, 0.717) is 0 Å². The van der Waals surface area contributed by atoms with E-state index in [9.17, 15) is 0 Å². The standard InChI is InChI=1S/C18H14N4/c1-2-6-12(7-3-1)22-18-10-14-13-8-4-5-9-15(13)19-16(14)11-17(18)20-21-22/h1-11,19-21H. The van der Waals surface area contributed by atoms with Crippen LogP contribution in [0.5, 0.6) is 0 Å². The average Bonchev–Trinajstić information content (AvgIpc) is 3.14. The molecule has 0 saturated heterocycles. The number of H-pyrrole nitrogens is 1. The van der Waals surface area contributed by atoms with Crippen LogP contribution in [0.15, 0.2) is 66.7 Å². The number of anilines is 3. The molecule has 4 aromatic rings. The minimum atomic E-state index is 1.07. The molecule has 1 aromatic heterocycles. The quantitative estimate of drug-likeness (QED) is 0.488. The molecule has 0 spiro atoms. The predicted octanol–water partition coefficient (Wildman–Crippen LogP) is 4.30. The summed E-state index contributed by atoms with van der Waals surface area (Å²) in [6.07, 6.45) is 0. The molecule has 5 rings (SSSR count). The first-order valence-corrected chi connectivity index (χ1v) is 7.31. The van der Waals surface area contributed by atoms with Crippen LogP contribution in [0, 0.1) is 0 Å². The van der Waals surface area contributed by atoms with Gasteiger partial charge in [-0.05, 0) is 30.3 Å². The third-order valence-electron chi connectivity index (χ3n) is 4.18. The molecule has 0 bridgehead atoms. The summed E-state index contributed by atoms with van der Waals surface area (Å²) in [7, 11) is 0. The van der Waals surface area contributed by atoms with E-state index in [-0.39, 0.29) is 0 Å². The van der Waals surface area contributed by atoms with E-state index in [1.54, 1.807) is 0 Å². The van der Waals surface area contributed by atoms with E-state index >= 15 is 0 Å². The van der Waals surface area contributed by atoms with E-state index in [1.165, 1.54) is 16.3 Å². The zero-order valence-corrected chi connectivity index (χ0v) is 11.8. The van der Waals surface area contributed by atoms with Gasteiger partial charge in [-0.3, -0.25) is 5.01 Å². The second-order valence-electron chi connectivity index (χ2n) is 5.49. The van der Waals surface area contributed by atoms with Gasteiger partial charge in [-0.15, -0.1) is 5.53 Å². The number of fused-ring (bicyclic) bond motifs is 4. The highest BCUT2D eigenvalue weighted by molar-refractivity contribution is 6.10. The molecule has 3 N–H and O–H groups in total. The van der Waals surface area contributed by atoms with Crippen LogP contribution in [0.1, 0.15) is 0 Å². The van der Waals surface area contributed by atoms with E-state index in [4.69, 9.17) is 0 Å². The third-order valence-corrected chi connectivity index (χ3v) is 4.18. The van der Waals surface area contributed by atoms with E-state index in [2.05, 4.69) is 69.5 Å². The van der Waals surface area contributed by atoms with Gasteiger partial charge in [0.25, 0.3) is 0 Å². The molecule has 0 unspecified atom stereocenters. The first-order chi connectivity index (χ1) is 10.9. The molecule has 1 aliphatic rings. The number of hydrogen-bond donors (Lipinski definition) is 3. The minimum absolute atomic E-state index is 1.07. The Morgan fingerprint density at radius 3 is 2.45 bits per heavy atom. The van der Waals surface area contributed by atoms with Crippen LogP contribution in [0.3, 0.4) is 0 Å². The highest BCUT2D eigenvalue weighted by atomic mass is 15.7. The lowest BCUT2D eigenvalue weighted by molar-refractivity contribution is 0.864. The summed E-state index contributed by atoms with van der Waals surface area (Å²) in [5.74, 6) is 0. The fourth-order valence-corrected chi connectivity index (χ4v) is 3.13. The molecular weight excluding hydrogens is 272 g/mol. The van der Waals surface area contributed by atoms with Crippen molar-refractivity contribution in [3.63, 3.8) is 0 Å². The first-order valence-electron chi connectivity index (χ1n) is 7.31. The number of aromatic amines is 1. The van der Waals surface area contributed by atoms with E-state index in [0.717, 1.165) is 22.6 Å². The molecule has 2 heterocycles. The van der Waals surface area contributed by atoms with Crippen LogP contribution in [0.25, 0.3) is 21.8 Å². The Morgan fingerprint density at radius 1 is 0.727 bits per heavy atom. The topological polar surface area (TPSA) is 43.1 Å². The van der Waals surface area contributed by atoms with Gasteiger partial charge in [-0.1, -0.05) is 36.4 Å². The fraction of sp³-hybridized carbons (Fsp3) is 0. The largest absolute Gasteiger partial charge is 0.354 e. The van der Waals surface area contributed by atoms with Crippen molar-refractivity contribution < 1.29 is 0 Å². The van der Waals surface area contributed by atoms with Gasteiger partial charge in [0.05, 0.1) is 17.1 Å². The van der Waals surface area contributed by atoms with Crippen molar-refractivity contribution in [2.75, 3.05) is 10.4 Å². The van der Waals surface area contributed by atoms with Crippen LogP contribution < -0.4 is 16.0 Å². The summed E-state index contributed by atoms with van der Waals surface area (Å²) in [6, 6.07) is 23.1. The molecule has 0 atom stereocenters. The Kier molecular flexibility index (Phi) is 2.25. The molecule has 0 amide bonds. The van der Waals surface area contributed by atoms with E-state index < -0.39 is 0 Å². The lowest BCUT2D eigenvalue weighted by atomic mass is 10.1. The van der Waals surface area contributed by atoms with Gasteiger partial charge in [0.2, 0.25) is 0 Å². The van der Waals surface area contributed by atoms with Gasteiger partial charge in [0.15, 0.2) is 0 Å². The summed E-state index contributed by atoms with van der Waals surface area (Å²) in [5, 5.41) is 4.55. The molecule has 0 radical (unpaired) electrons. The summed E-state index contributed by atoms with van der Waals surface area (Å²) < 4.78 is 0. The van der Waals surface area contributed by atoms with Crippen molar-refractivity contribution >= 4 is 38.9 Å². The number of aromatic nitrogens is 1. The monoisotopic (exact) mass is 286 g/mol. The lowest BCUT2D eigenvalue weighted by Crippen LogP contribution is -2.31. The number of benzene rings is 3. The Labute approximate surface area is 127 Å². The minimum Gasteiger partial charge on any atom is -0.354 e. The zero-order chi connectivity index (χ0) is 14.5. The summed E-state index contributed by atoms with van der Waals surface area (Å²) in [4.78, 5) is 3.48. The molecule has 22 heavy (non-hydrogen) atoms. The Bertz CT molecular complexity index is 988. The van der Waals surface area contributed by atoms with Crippen LogP contribution >= 0.6 is 0 Å². The fourth-order valence-electron chi connectivity index (χ4n) is 3.13. The third kappa shape index (κ3) is 1.55. The molecule has 106 valence electrons. The van der Waals surface area contributed by atoms with Crippen molar-refractivity contribution in [3.8, 4) is 0 Å². The molecule has 0 saturated carbocycles. The normalized spacial score (nSPS) is 13.5. The van der Waals surface area contributed by atoms with Gasteiger partial charge in [-0.25, -0.2) is 0 Å². The molecular formula is C18H14N4. The number of nitrogens with one attached hydrogen (secondary N) is 3. The molecule has 1 aliphatic heterocycles.